The molecule has 0 radical (unpaired) electrons. The van der Waals surface area contributed by atoms with Crippen molar-refractivity contribution < 1.29 is 27.2 Å². The third-order valence-corrected chi connectivity index (χ3v) is 2.88. The van der Waals surface area contributed by atoms with E-state index in [-0.39, 0.29) is 18.4 Å². The van der Waals surface area contributed by atoms with E-state index in [9.17, 15) is 27.2 Å². The molecular weight excluding hydrogens is 266 g/mol. The van der Waals surface area contributed by atoms with E-state index >= 15 is 0 Å². The first-order chi connectivity index (χ1) is 8.77. The fourth-order valence-corrected chi connectivity index (χ4v) is 1.97. The fourth-order valence-electron chi connectivity index (χ4n) is 1.97. The summed E-state index contributed by atoms with van der Waals surface area (Å²) in [6.45, 7) is 0. The smallest absolute Gasteiger partial charge is 0.296 e. The molecule has 1 aliphatic rings. The number of halogens is 4. The van der Waals surface area contributed by atoms with Crippen molar-refractivity contribution >= 4 is 11.8 Å². The maximum Gasteiger partial charge on any atom is 0.419 e. The van der Waals surface area contributed by atoms with Gasteiger partial charge in [-0.25, -0.2) is 4.39 Å². The highest BCUT2D eigenvalue weighted by molar-refractivity contribution is 6.03. The Labute approximate surface area is 105 Å². The Morgan fingerprint density at radius 2 is 1.95 bits per heavy atom. The Hall–Kier alpha value is -1.92. The molecule has 1 aromatic carbocycles. The number of benzene rings is 1. The van der Waals surface area contributed by atoms with Gasteiger partial charge in [-0.05, 0) is 24.1 Å². The van der Waals surface area contributed by atoms with Gasteiger partial charge in [0, 0.05) is 6.42 Å². The van der Waals surface area contributed by atoms with Gasteiger partial charge in [0.15, 0.2) is 0 Å². The van der Waals surface area contributed by atoms with Crippen LogP contribution >= 0.6 is 0 Å². The normalized spacial score (nSPS) is 19.7. The molecule has 0 aliphatic carbocycles. The Kier molecular flexibility index (Phi) is 3.30. The van der Waals surface area contributed by atoms with E-state index in [1.165, 1.54) is 6.07 Å². The van der Waals surface area contributed by atoms with E-state index in [1.807, 2.05) is 0 Å². The number of carbonyl (C=O) groups is 2. The van der Waals surface area contributed by atoms with Crippen LogP contribution < -0.4 is 5.32 Å². The molecule has 0 spiro atoms. The largest absolute Gasteiger partial charge is 0.419 e. The molecule has 7 heteroatoms. The standard InChI is InChI=1S/C12H9F4NO2/c13-9-2-1-6(4-8(9)12(14,15)16)3-7-5-10(18)17-11(7)19/h1-2,4,7H,3,5H2,(H,17,18,19). The monoisotopic (exact) mass is 275 g/mol. The van der Waals surface area contributed by atoms with Crippen LogP contribution in [0.2, 0.25) is 0 Å². The zero-order chi connectivity index (χ0) is 14.2. The van der Waals surface area contributed by atoms with Crippen molar-refractivity contribution in [3.63, 3.8) is 0 Å². The van der Waals surface area contributed by atoms with E-state index < -0.39 is 35.3 Å². The minimum absolute atomic E-state index is 0.0269. The first-order valence-corrected chi connectivity index (χ1v) is 5.46. The van der Waals surface area contributed by atoms with Gasteiger partial charge in [0.1, 0.15) is 5.82 Å². The van der Waals surface area contributed by atoms with Crippen LogP contribution in [0, 0.1) is 11.7 Å². The fraction of sp³-hybridized carbons (Fsp3) is 0.333. The lowest BCUT2D eigenvalue weighted by molar-refractivity contribution is -0.140. The molecule has 1 saturated heterocycles. The average Bonchev–Trinajstić information content (AvgIpc) is 2.58. The predicted molar refractivity (Wildman–Crippen MR) is 56.4 cm³/mol. The van der Waals surface area contributed by atoms with Crippen molar-refractivity contribution in [1.82, 2.24) is 5.32 Å². The minimum atomic E-state index is -4.78. The van der Waals surface area contributed by atoms with E-state index in [1.54, 1.807) is 0 Å². The molecule has 2 rings (SSSR count). The number of amides is 2. The molecule has 1 N–H and O–H groups in total. The number of alkyl halides is 3. The second-order valence-corrected chi connectivity index (χ2v) is 4.33. The Bertz CT molecular complexity index is 539. The summed E-state index contributed by atoms with van der Waals surface area (Å²) in [4.78, 5) is 22.3. The summed E-state index contributed by atoms with van der Waals surface area (Å²) in [6.07, 6.45) is -4.87. The van der Waals surface area contributed by atoms with E-state index in [0.717, 1.165) is 0 Å². The molecule has 0 bridgehead atoms. The van der Waals surface area contributed by atoms with Gasteiger partial charge in [-0.3, -0.25) is 14.9 Å². The molecule has 2 amide bonds. The minimum Gasteiger partial charge on any atom is -0.296 e. The molecule has 0 saturated carbocycles. The molecule has 1 heterocycles. The van der Waals surface area contributed by atoms with Crippen molar-refractivity contribution in [3.05, 3.63) is 35.1 Å². The lowest BCUT2D eigenvalue weighted by Gasteiger charge is -2.11. The quantitative estimate of drug-likeness (QED) is 0.663. The van der Waals surface area contributed by atoms with Crippen molar-refractivity contribution in [2.75, 3.05) is 0 Å². The maximum absolute atomic E-state index is 13.1. The molecule has 1 atom stereocenters. The molecule has 1 aliphatic heterocycles. The molecule has 1 aromatic rings. The van der Waals surface area contributed by atoms with Crippen molar-refractivity contribution in [2.45, 2.75) is 19.0 Å². The topological polar surface area (TPSA) is 46.2 Å². The number of hydrogen-bond acceptors (Lipinski definition) is 2. The summed E-state index contributed by atoms with van der Waals surface area (Å²) < 4.78 is 50.6. The molecular formula is C12H9F4NO2. The van der Waals surface area contributed by atoms with Crippen LogP contribution in [-0.4, -0.2) is 11.8 Å². The van der Waals surface area contributed by atoms with Gasteiger partial charge in [0.05, 0.1) is 11.5 Å². The average molecular weight is 275 g/mol. The number of nitrogens with one attached hydrogen (secondary N) is 1. The molecule has 0 aromatic heterocycles. The summed E-state index contributed by atoms with van der Waals surface area (Å²) in [7, 11) is 0. The lowest BCUT2D eigenvalue weighted by Crippen LogP contribution is -2.23. The van der Waals surface area contributed by atoms with Gasteiger partial charge < -0.3 is 0 Å². The Morgan fingerprint density at radius 3 is 2.47 bits per heavy atom. The zero-order valence-electron chi connectivity index (χ0n) is 9.55. The van der Waals surface area contributed by atoms with Crippen LogP contribution in [0.25, 0.3) is 0 Å². The molecule has 1 unspecified atom stereocenters. The summed E-state index contributed by atoms with van der Waals surface area (Å²) in [5.41, 5.74) is -1.20. The molecule has 1 fully saturated rings. The van der Waals surface area contributed by atoms with E-state index in [4.69, 9.17) is 0 Å². The summed E-state index contributed by atoms with van der Waals surface area (Å²) >= 11 is 0. The van der Waals surface area contributed by atoms with Gasteiger partial charge >= 0.3 is 6.18 Å². The SMILES string of the molecule is O=C1CC(Cc2ccc(F)c(C(F)(F)F)c2)C(=O)N1. The van der Waals surface area contributed by atoms with E-state index in [0.29, 0.717) is 12.1 Å². The van der Waals surface area contributed by atoms with Crippen LogP contribution in [0.3, 0.4) is 0 Å². The lowest BCUT2D eigenvalue weighted by atomic mass is 9.96. The van der Waals surface area contributed by atoms with Crippen LogP contribution in [0.1, 0.15) is 17.5 Å². The van der Waals surface area contributed by atoms with Gasteiger partial charge in [-0.15, -0.1) is 0 Å². The Balaban J connectivity index is 2.23. The van der Waals surface area contributed by atoms with Gasteiger partial charge in [0.2, 0.25) is 11.8 Å². The highest BCUT2D eigenvalue weighted by Crippen LogP contribution is 2.32. The highest BCUT2D eigenvalue weighted by Gasteiger charge is 2.35. The highest BCUT2D eigenvalue weighted by atomic mass is 19.4. The number of imide groups is 1. The Morgan fingerprint density at radius 1 is 1.26 bits per heavy atom. The number of rotatable bonds is 2. The number of carbonyl (C=O) groups excluding carboxylic acids is 2. The van der Waals surface area contributed by atoms with Crippen molar-refractivity contribution in [3.8, 4) is 0 Å². The molecule has 102 valence electrons. The van der Waals surface area contributed by atoms with Crippen LogP contribution in [0.5, 0.6) is 0 Å². The van der Waals surface area contributed by atoms with Crippen LogP contribution in [-0.2, 0) is 22.2 Å². The summed E-state index contributed by atoms with van der Waals surface area (Å²) in [5.74, 6) is -3.02. The summed E-state index contributed by atoms with van der Waals surface area (Å²) in [6, 6.07) is 2.57. The second kappa shape index (κ2) is 4.64. The third-order valence-electron chi connectivity index (χ3n) is 2.88. The van der Waals surface area contributed by atoms with Gasteiger partial charge in [-0.2, -0.15) is 13.2 Å². The van der Waals surface area contributed by atoms with Crippen molar-refractivity contribution in [2.24, 2.45) is 5.92 Å². The first-order valence-electron chi connectivity index (χ1n) is 5.46. The van der Waals surface area contributed by atoms with Gasteiger partial charge in [0.25, 0.3) is 0 Å². The summed E-state index contributed by atoms with van der Waals surface area (Å²) in [5, 5.41) is 2.07. The third kappa shape index (κ3) is 2.91. The zero-order valence-corrected chi connectivity index (χ0v) is 9.55. The van der Waals surface area contributed by atoms with Gasteiger partial charge in [-0.1, -0.05) is 6.07 Å². The predicted octanol–water partition coefficient (Wildman–Crippen LogP) is 2.05. The number of hydrogen-bond donors (Lipinski definition) is 1. The van der Waals surface area contributed by atoms with Crippen LogP contribution in [0.4, 0.5) is 17.6 Å². The molecule has 3 nitrogen and oxygen atoms in total. The van der Waals surface area contributed by atoms with Crippen LogP contribution in [0.15, 0.2) is 18.2 Å². The maximum atomic E-state index is 13.1. The first kappa shape index (κ1) is 13.5. The molecule has 19 heavy (non-hydrogen) atoms. The second-order valence-electron chi connectivity index (χ2n) is 4.33. The van der Waals surface area contributed by atoms with E-state index in [2.05, 4.69) is 5.32 Å². The van der Waals surface area contributed by atoms with Crippen molar-refractivity contribution in [1.29, 1.82) is 0 Å².